The van der Waals surface area contributed by atoms with Crippen molar-refractivity contribution in [3.8, 4) is 0 Å². The van der Waals surface area contributed by atoms with E-state index in [1.54, 1.807) is 0 Å². The highest BCUT2D eigenvalue weighted by Crippen LogP contribution is 2.14. The van der Waals surface area contributed by atoms with Gasteiger partial charge in [0.25, 0.3) is 0 Å². The number of hydrogen-bond donors (Lipinski definition) is 1. The van der Waals surface area contributed by atoms with Gasteiger partial charge in [0.1, 0.15) is 6.61 Å². The van der Waals surface area contributed by atoms with Crippen LogP contribution in [0.3, 0.4) is 0 Å². The number of nitrogens with two attached hydrogens (primary N) is 1. The van der Waals surface area contributed by atoms with E-state index in [2.05, 4.69) is 16.8 Å². The first kappa shape index (κ1) is 18.3. The van der Waals surface area contributed by atoms with Crippen molar-refractivity contribution in [2.75, 3.05) is 19.6 Å². The summed E-state index contributed by atoms with van der Waals surface area (Å²) in [5.41, 5.74) is 7.06. The number of aliphatic imine (C=N–C) groups is 1. The SMILES string of the molecule is CC1CCCN(C(N)=NCCCCC(=O)OCc2ccccc2)C1. The van der Waals surface area contributed by atoms with Gasteiger partial charge in [0.15, 0.2) is 5.96 Å². The van der Waals surface area contributed by atoms with Crippen LogP contribution in [0.15, 0.2) is 35.3 Å². The third-order valence-corrected chi connectivity index (χ3v) is 4.29. The Morgan fingerprint density at radius 3 is 2.88 bits per heavy atom. The van der Waals surface area contributed by atoms with E-state index in [1.165, 1.54) is 12.8 Å². The van der Waals surface area contributed by atoms with Crippen LogP contribution in [0, 0.1) is 5.92 Å². The fourth-order valence-electron chi connectivity index (χ4n) is 2.88. The minimum Gasteiger partial charge on any atom is -0.461 e. The number of nitrogens with zero attached hydrogens (tertiary/aromatic N) is 2. The van der Waals surface area contributed by atoms with Crippen molar-refractivity contribution < 1.29 is 9.53 Å². The van der Waals surface area contributed by atoms with Gasteiger partial charge in [-0.05, 0) is 37.2 Å². The van der Waals surface area contributed by atoms with Gasteiger partial charge in [-0.1, -0.05) is 37.3 Å². The van der Waals surface area contributed by atoms with Crippen molar-refractivity contribution in [2.45, 2.75) is 45.6 Å². The van der Waals surface area contributed by atoms with Gasteiger partial charge in [0.05, 0.1) is 0 Å². The van der Waals surface area contributed by atoms with Gasteiger partial charge in [-0.2, -0.15) is 0 Å². The summed E-state index contributed by atoms with van der Waals surface area (Å²) in [5, 5.41) is 0. The summed E-state index contributed by atoms with van der Waals surface area (Å²) in [6.45, 7) is 5.27. The quantitative estimate of drug-likeness (QED) is 0.361. The predicted molar refractivity (Wildman–Crippen MR) is 96.5 cm³/mol. The number of esters is 1. The van der Waals surface area contributed by atoms with E-state index in [-0.39, 0.29) is 5.97 Å². The maximum atomic E-state index is 11.7. The molecule has 1 atom stereocenters. The van der Waals surface area contributed by atoms with E-state index in [0.717, 1.165) is 31.5 Å². The molecule has 1 unspecified atom stereocenters. The standard InChI is InChI=1S/C19H29N3O2/c1-16-8-7-13-22(14-16)19(20)21-12-6-5-11-18(23)24-15-17-9-3-2-4-10-17/h2-4,9-10,16H,5-8,11-15H2,1H3,(H2,20,21). The number of guanidine groups is 1. The number of likely N-dealkylation sites (tertiary alicyclic amines) is 1. The van der Waals surface area contributed by atoms with E-state index in [1.807, 2.05) is 30.3 Å². The van der Waals surface area contributed by atoms with Gasteiger partial charge in [0.2, 0.25) is 0 Å². The molecule has 0 spiro atoms. The van der Waals surface area contributed by atoms with Crippen LogP contribution >= 0.6 is 0 Å². The Balaban J connectivity index is 1.57. The number of carbonyl (C=O) groups excluding carboxylic acids is 1. The van der Waals surface area contributed by atoms with Crippen molar-refractivity contribution in [3.05, 3.63) is 35.9 Å². The topological polar surface area (TPSA) is 67.9 Å². The Morgan fingerprint density at radius 1 is 1.33 bits per heavy atom. The molecule has 1 aliphatic heterocycles. The van der Waals surface area contributed by atoms with Gasteiger partial charge >= 0.3 is 5.97 Å². The van der Waals surface area contributed by atoms with Crippen molar-refractivity contribution in [1.29, 1.82) is 0 Å². The van der Waals surface area contributed by atoms with Crippen molar-refractivity contribution in [3.63, 3.8) is 0 Å². The molecule has 0 bridgehead atoms. The fraction of sp³-hybridized carbons (Fsp3) is 0.579. The lowest BCUT2D eigenvalue weighted by atomic mass is 10.0. The Morgan fingerprint density at radius 2 is 2.12 bits per heavy atom. The lowest BCUT2D eigenvalue weighted by Crippen LogP contribution is -2.43. The monoisotopic (exact) mass is 331 g/mol. The van der Waals surface area contributed by atoms with Gasteiger partial charge < -0.3 is 15.4 Å². The van der Waals surface area contributed by atoms with Crippen LogP contribution in [-0.2, 0) is 16.1 Å². The van der Waals surface area contributed by atoms with Crippen LogP contribution in [-0.4, -0.2) is 36.5 Å². The molecule has 0 aliphatic carbocycles. The zero-order chi connectivity index (χ0) is 17.2. The number of hydrogen-bond acceptors (Lipinski definition) is 3. The highest BCUT2D eigenvalue weighted by atomic mass is 16.5. The average molecular weight is 331 g/mol. The maximum absolute atomic E-state index is 11.7. The lowest BCUT2D eigenvalue weighted by Gasteiger charge is -2.31. The van der Waals surface area contributed by atoms with Crippen LogP contribution in [0.1, 0.15) is 44.6 Å². The van der Waals surface area contributed by atoms with Gasteiger partial charge in [-0.3, -0.25) is 9.79 Å². The minimum absolute atomic E-state index is 0.152. The average Bonchev–Trinajstić information content (AvgIpc) is 2.60. The van der Waals surface area contributed by atoms with Crippen LogP contribution in [0.2, 0.25) is 0 Å². The fourth-order valence-corrected chi connectivity index (χ4v) is 2.88. The Labute approximate surface area is 144 Å². The second kappa shape index (κ2) is 9.96. The Hall–Kier alpha value is -2.04. The van der Waals surface area contributed by atoms with E-state index in [0.29, 0.717) is 31.4 Å². The summed E-state index contributed by atoms with van der Waals surface area (Å²) in [4.78, 5) is 18.3. The van der Waals surface area contributed by atoms with Crippen LogP contribution in [0.5, 0.6) is 0 Å². The summed E-state index contributed by atoms with van der Waals surface area (Å²) in [6, 6.07) is 9.73. The number of benzene rings is 1. The molecule has 0 aromatic heterocycles. The molecule has 1 aromatic rings. The molecule has 0 radical (unpaired) electrons. The number of rotatable bonds is 7. The zero-order valence-corrected chi connectivity index (χ0v) is 14.6. The summed E-state index contributed by atoms with van der Waals surface area (Å²) in [6.07, 6.45) is 4.52. The first-order chi connectivity index (χ1) is 11.6. The Bertz CT molecular complexity index is 531. The smallest absolute Gasteiger partial charge is 0.306 e. The minimum atomic E-state index is -0.152. The number of carbonyl (C=O) groups is 1. The highest BCUT2D eigenvalue weighted by Gasteiger charge is 2.17. The Kier molecular flexibility index (Phi) is 7.59. The second-order valence-electron chi connectivity index (χ2n) is 6.54. The van der Waals surface area contributed by atoms with E-state index in [4.69, 9.17) is 10.5 Å². The van der Waals surface area contributed by atoms with Crippen LogP contribution < -0.4 is 5.73 Å². The largest absolute Gasteiger partial charge is 0.461 e. The van der Waals surface area contributed by atoms with E-state index >= 15 is 0 Å². The van der Waals surface area contributed by atoms with Crippen molar-refractivity contribution in [2.24, 2.45) is 16.6 Å². The molecule has 5 nitrogen and oxygen atoms in total. The third-order valence-electron chi connectivity index (χ3n) is 4.29. The van der Waals surface area contributed by atoms with Crippen molar-refractivity contribution in [1.82, 2.24) is 4.90 Å². The normalized spacial score (nSPS) is 18.5. The van der Waals surface area contributed by atoms with Crippen LogP contribution in [0.25, 0.3) is 0 Å². The lowest BCUT2D eigenvalue weighted by molar-refractivity contribution is -0.145. The molecule has 1 aromatic carbocycles. The van der Waals surface area contributed by atoms with Crippen LogP contribution in [0.4, 0.5) is 0 Å². The molecule has 0 amide bonds. The molecule has 5 heteroatoms. The highest BCUT2D eigenvalue weighted by molar-refractivity contribution is 5.78. The molecule has 132 valence electrons. The number of piperidine rings is 1. The molecule has 24 heavy (non-hydrogen) atoms. The molecule has 0 saturated carbocycles. The summed E-state index contributed by atoms with van der Waals surface area (Å²) in [5.74, 6) is 1.18. The first-order valence-electron chi connectivity index (χ1n) is 8.89. The second-order valence-corrected chi connectivity index (χ2v) is 6.54. The molecule has 2 N–H and O–H groups in total. The van der Waals surface area contributed by atoms with Crippen molar-refractivity contribution >= 4 is 11.9 Å². The molecular formula is C19H29N3O2. The summed E-state index contributed by atoms with van der Waals surface area (Å²) in [7, 11) is 0. The van der Waals surface area contributed by atoms with Gasteiger partial charge in [-0.15, -0.1) is 0 Å². The molecule has 1 fully saturated rings. The summed E-state index contributed by atoms with van der Waals surface area (Å²) < 4.78 is 5.26. The number of unbranched alkanes of at least 4 members (excludes halogenated alkanes) is 1. The zero-order valence-electron chi connectivity index (χ0n) is 14.6. The van der Waals surface area contributed by atoms with E-state index < -0.39 is 0 Å². The molecule has 1 saturated heterocycles. The molecule has 1 heterocycles. The third kappa shape index (κ3) is 6.60. The van der Waals surface area contributed by atoms with Gasteiger partial charge in [0, 0.05) is 26.1 Å². The number of ether oxygens (including phenoxy) is 1. The molecule has 1 aliphatic rings. The molecular weight excluding hydrogens is 302 g/mol. The van der Waals surface area contributed by atoms with E-state index in [9.17, 15) is 4.79 Å². The molecule has 2 rings (SSSR count). The predicted octanol–water partition coefficient (Wildman–Crippen LogP) is 2.95. The first-order valence-corrected chi connectivity index (χ1v) is 8.89. The summed E-state index contributed by atoms with van der Waals surface area (Å²) >= 11 is 0. The maximum Gasteiger partial charge on any atom is 0.306 e. The van der Waals surface area contributed by atoms with Gasteiger partial charge in [-0.25, -0.2) is 0 Å².